The minimum atomic E-state index is -0.164. The summed E-state index contributed by atoms with van der Waals surface area (Å²) in [4.78, 5) is 45.5. The number of para-hydroxylation sites is 1. The zero-order valence-corrected chi connectivity index (χ0v) is 18.3. The van der Waals surface area contributed by atoms with Gasteiger partial charge in [0, 0.05) is 56.7 Å². The molecule has 1 aliphatic heterocycles. The Morgan fingerprint density at radius 1 is 1.10 bits per heavy atom. The van der Waals surface area contributed by atoms with Crippen LogP contribution in [-0.4, -0.2) is 56.9 Å². The van der Waals surface area contributed by atoms with Crippen molar-refractivity contribution in [3.63, 3.8) is 0 Å². The Kier molecular flexibility index (Phi) is 5.97. The molecule has 3 heterocycles. The number of anilines is 1. The number of piperazine rings is 1. The van der Waals surface area contributed by atoms with Crippen LogP contribution >= 0.6 is 0 Å². The number of rotatable bonds is 5. The molecule has 31 heavy (non-hydrogen) atoms. The van der Waals surface area contributed by atoms with Gasteiger partial charge in [0.2, 0.25) is 5.91 Å². The lowest BCUT2D eigenvalue weighted by Gasteiger charge is -2.35. The van der Waals surface area contributed by atoms with Crippen molar-refractivity contribution in [3.05, 3.63) is 58.0 Å². The van der Waals surface area contributed by atoms with E-state index >= 15 is 0 Å². The van der Waals surface area contributed by atoms with E-state index in [0.29, 0.717) is 42.7 Å². The third kappa shape index (κ3) is 4.73. The molecule has 2 aromatic heterocycles. The summed E-state index contributed by atoms with van der Waals surface area (Å²) in [5.74, 6) is 2.69. The maximum Gasteiger partial charge on any atom is 0.258 e. The zero-order chi connectivity index (χ0) is 22.0. The standard InChI is InChI=1S/C23H28N6O2/c1-15(2)22-24-16(3)14-20(27-22)28-10-12-29(13-11-28)21(30)9-8-19-25-18-7-5-4-6-17(18)23(31)26-19/h4-7,14-15H,8-13H2,1-3H3,(H,25,26,31). The van der Waals surface area contributed by atoms with Crippen LogP contribution in [0.1, 0.15) is 43.5 Å². The van der Waals surface area contributed by atoms with Crippen LogP contribution in [0, 0.1) is 6.92 Å². The van der Waals surface area contributed by atoms with E-state index in [0.717, 1.165) is 30.4 Å². The molecule has 4 rings (SSSR count). The topological polar surface area (TPSA) is 95.1 Å². The molecule has 0 unspecified atom stereocenters. The second-order valence-corrected chi connectivity index (χ2v) is 8.28. The number of aromatic nitrogens is 4. The first-order valence-corrected chi connectivity index (χ1v) is 10.8. The monoisotopic (exact) mass is 420 g/mol. The Hall–Kier alpha value is -3.29. The summed E-state index contributed by atoms with van der Waals surface area (Å²) >= 11 is 0. The van der Waals surface area contributed by atoms with Crippen LogP contribution in [0.4, 0.5) is 5.82 Å². The van der Waals surface area contributed by atoms with E-state index in [-0.39, 0.29) is 17.4 Å². The molecule has 8 nitrogen and oxygen atoms in total. The van der Waals surface area contributed by atoms with Crippen LogP contribution < -0.4 is 10.5 Å². The SMILES string of the molecule is Cc1cc(N2CCN(C(=O)CCc3nc4ccccc4c(=O)[nH]3)CC2)nc(C(C)C)n1. The highest BCUT2D eigenvalue weighted by molar-refractivity contribution is 5.78. The van der Waals surface area contributed by atoms with Gasteiger partial charge in [-0.3, -0.25) is 9.59 Å². The van der Waals surface area contributed by atoms with Gasteiger partial charge in [0.05, 0.1) is 10.9 Å². The lowest BCUT2D eigenvalue weighted by Crippen LogP contribution is -2.49. The van der Waals surface area contributed by atoms with Crippen LogP contribution in [0.3, 0.4) is 0 Å². The molecule has 1 aromatic carbocycles. The van der Waals surface area contributed by atoms with Crippen molar-refractivity contribution in [1.29, 1.82) is 0 Å². The van der Waals surface area contributed by atoms with Crippen LogP contribution in [0.15, 0.2) is 35.1 Å². The summed E-state index contributed by atoms with van der Waals surface area (Å²) < 4.78 is 0. The fourth-order valence-electron chi connectivity index (χ4n) is 3.82. The quantitative estimate of drug-likeness (QED) is 0.681. The largest absolute Gasteiger partial charge is 0.353 e. The van der Waals surface area contributed by atoms with E-state index in [1.165, 1.54) is 0 Å². The summed E-state index contributed by atoms with van der Waals surface area (Å²) in [6, 6.07) is 9.24. The van der Waals surface area contributed by atoms with Crippen molar-refractivity contribution in [1.82, 2.24) is 24.8 Å². The van der Waals surface area contributed by atoms with Crippen molar-refractivity contribution in [3.8, 4) is 0 Å². The van der Waals surface area contributed by atoms with E-state index in [1.807, 2.05) is 36.1 Å². The summed E-state index contributed by atoms with van der Waals surface area (Å²) in [7, 11) is 0. The molecule has 1 saturated heterocycles. The molecular formula is C23H28N6O2. The highest BCUT2D eigenvalue weighted by atomic mass is 16.2. The number of nitrogens with one attached hydrogen (secondary N) is 1. The molecule has 0 radical (unpaired) electrons. The molecule has 0 saturated carbocycles. The third-order valence-electron chi connectivity index (χ3n) is 5.57. The summed E-state index contributed by atoms with van der Waals surface area (Å²) in [6.45, 7) is 8.96. The third-order valence-corrected chi connectivity index (χ3v) is 5.57. The number of carbonyl (C=O) groups is 1. The number of H-pyrrole nitrogens is 1. The molecule has 3 aromatic rings. The Bertz CT molecular complexity index is 1150. The van der Waals surface area contributed by atoms with Gasteiger partial charge in [0.1, 0.15) is 17.5 Å². The Morgan fingerprint density at radius 3 is 2.58 bits per heavy atom. The summed E-state index contributed by atoms with van der Waals surface area (Å²) in [6.07, 6.45) is 0.743. The number of aromatic amines is 1. The molecule has 0 spiro atoms. The second-order valence-electron chi connectivity index (χ2n) is 8.28. The highest BCUT2D eigenvalue weighted by Gasteiger charge is 2.23. The lowest BCUT2D eigenvalue weighted by atomic mass is 10.2. The van der Waals surface area contributed by atoms with Crippen LogP contribution in [0.2, 0.25) is 0 Å². The molecule has 1 amide bonds. The second kappa shape index (κ2) is 8.83. The van der Waals surface area contributed by atoms with E-state index < -0.39 is 0 Å². The zero-order valence-electron chi connectivity index (χ0n) is 18.3. The first kappa shape index (κ1) is 21.0. The summed E-state index contributed by atoms with van der Waals surface area (Å²) in [5, 5.41) is 0.564. The van der Waals surface area contributed by atoms with E-state index in [1.54, 1.807) is 6.07 Å². The minimum absolute atomic E-state index is 0.0807. The molecule has 1 aliphatic rings. The smallest absolute Gasteiger partial charge is 0.258 e. The fraction of sp³-hybridized carbons (Fsp3) is 0.435. The van der Waals surface area contributed by atoms with Crippen molar-refractivity contribution in [2.75, 3.05) is 31.1 Å². The van der Waals surface area contributed by atoms with Crippen LogP contribution in [0.5, 0.6) is 0 Å². The Morgan fingerprint density at radius 2 is 1.84 bits per heavy atom. The predicted molar refractivity (Wildman–Crippen MR) is 120 cm³/mol. The normalized spacial score (nSPS) is 14.5. The number of hydrogen-bond donors (Lipinski definition) is 1. The molecule has 0 bridgehead atoms. The average Bonchev–Trinajstić information content (AvgIpc) is 2.77. The number of fused-ring (bicyclic) bond motifs is 1. The number of carbonyl (C=O) groups excluding carboxylic acids is 1. The first-order chi connectivity index (χ1) is 14.9. The van der Waals surface area contributed by atoms with Crippen molar-refractivity contribution >= 4 is 22.6 Å². The number of hydrogen-bond acceptors (Lipinski definition) is 6. The number of aryl methyl sites for hydroxylation is 2. The fourth-order valence-corrected chi connectivity index (χ4v) is 3.82. The van der Waals surface area contributed by atoms with Gasteiger partial charge in [-0.2, -0.15) is 0 Å². The van der Waals surface area contributed by atoms with Gasteiger partial charge in [-0.15, -0.1) is 0 Å². The maximum absolute atomic E-state index is 12.7. The Balaban J connectivity index is 1.35. The predicted octanol–water partition coefficient (Wildman–Crippen LogP) is 2.43. The number of nitrogens with zero attached hydrogens (tertiary/aromatic N) is 5. The molecule has 162 valence electrons. The number of benzene rings is 1. The van der Waals surface area contributed by atoms with Gasteiger partial charge in [-0.05, 0) is 19.1 Å². The maximum atomic E-state index is 12.7. The van der Waals surface area contributed by atoms with Crippen LogP contribution in [-0.2, 0) is 11.2 Å². The molecule has 0 aliphatic carbocycles. The lowest BCUT2D eigenvalue weighted by molar-refractivity contribution is -0.131. The van der Waals surface area contributed by atoms with Gasteiger partial charge in [-0.1, -0.05) is 26.0 Å². The van der Waals surface area contributed by atoms with Crippen molar-refractivity contribution < 1.29 is 4.79 Å². The van der Waals surface area contributed by atoms with E-state index in [9.17, 15) is 9.59 Å². The van der Waals surface area contributed by atoms with Gasteiger partial charge < -0.3 is 14.8 Å². The van der Waals surface area contributed by atoms with Crippen molar-refractivity contribution in [2.45, 2.75) is 39.5 Å². The van der Waals surface area contributed by atoms with Crippen LogP contribution in [0.25, 0.3) is 10.9 Å². The average molecular weight is 421 g/mol. The van der Waals surface area contributed by atoms with Gasteiger partial charge in [0.15, 0.2) is 0 Å². The molecule has 0 atom stereocenters. The van der Waals surface area contributed by atoms with Gasteiger partial charge in [-0.25, -0.2) is 15.0 Å². The Labute approximate surface area is 181 Å². The van der Waals surface area contributed by atoms with Gasteiger partial charge in [0.25, 0.3) is 5.56 Å². The molecule has 1 N–H and O–H groups in total. The molecule has 8 heteroatoms. The number of amides is 1. The summed E-state index contributed by atoms with van der Waals surface area (Å²) in [5.41, 5.74) is 1.45. The highest BCUT2D eigenvalue weighted by Crippen LogP contribution is 2.19. The van der Waals surface area contributed by atoms with E-state index in [2.05, 4.69) is 33.7 Å². The first-order valence-electron chi connectivity index (χ1n) is 10.8. The van der Waals surface area contributed by atoms with Crippen molar-refractivity contribution in [2.24, 2.45) is 0 Å². The van der Waals surface area contributed by atoms with E-state index in [4.69, 9.17) is 4.98 Å². The minimum Gasteiger partial charge on any atom is -0.353 e. The van der Waals surface area contributed by atoms with Gasteiger partial charge >= 0.3 is 0 Å². The molecular weight excluding hydrogens is 392 g/mol. The molecule has 1 fully saturated rings.